The predicted octanol–water partition coefficient (Wildman–Crippen LogP) is 1.10. The Morgan fingerprint density at radius 2 is 1.75 bits per heavy atom. The second-order valence-electron chi connectivity index (χ2n) is 4.29. The van der Waals surface area contributed by atoms with Gasteiger partial charge in [0.2, 0.25) is 0 Å². The molecule has 1 N–H and O–H groups in total. The summed E-state index contributed by atoms with van der Waals surface area (Å²) in [6.07, 6.45) is 5.38. The maximum absolute atomic E-state index is 9.01. The van der Waals surface area contributed by atoms with Gasteiger partial charge in [-0.05, 0) is 50.6 Å². The Kier molecular flexibility index (Phi) is 2.66. The lowest BCUT2D eigenvalue weighted by Gasteiger charge is -2.37. The fourth-order valence-corrected chi connectivity index (χ4v) is 2.42. The third-order valence-electron chi connectivity index (χ3n) is 3.50. The van der Waals surface area contributed by atoms with Gasteiger partial charge in [0.25, 0.3) is 0 Å². The van der Waals surface area contributed by atoms with Crippen molar-refractivity contribution in [2.45, 2.75) is 25.7 Å². The highest BCUT2D eigenvalue weighted by Crippen LogP contribution is 2.34. The van der Waals surface area contributed by atoms with Crippen molar-refractivity contribution in [1.82, 2.24) is 4.90 Å². The molecule has 0 aromatic rings. The standard InChI is InChI=1S/C10H19NO/c12-8-10-4-3-9(10)7-11-5-1-2-6-11/h9-10,12H,1-8H2/t9?,10-/m0/s1. The van der Waals surface area contributed by atoms with Crippen molar-refractivity contribution in [3.05, 3.63) is 0 Å². The molecule has 0 aromatic heterocycles. The Balaban J connectivity index is 1.71. The van der Waals surface area contributed by atoms with Gasteiger partial charge in [-0.1, -0.05) is 0 Å². The summed E-state index contributed by atoms with van der Waals surface area (Å²) in [4.78, 5) is 2.56. The second-order valence-corrected chi connectivity index (χ2v) is 4.29. The number of hydrogen-bond acceptors (Lipinski definition) is 2. The molecule has 70 valence electrons. The first-order chi connectivity index (χ1) is 5.90. The topological polar surface area (TPSA) is 23.5 Å². The number of aliphatic hydroxyl groups excluding tert-OH is 1. The van der Waals surface area contributed by atoms with E-state index in [1.54, 1.807) is 0 Å². The normalized spacial score (nSPS) is 36.8. The zero-order valence-corrected chi connectivity index (χ0v) is 7.71. The van der Waals surface area contributed by atoms with Crippen molar-refractivity contribution in [2.24, 2.45) is 11.8 Å². The van der Waals surface area contributed by atoms with E-state index in [0.29, 0.717) is 12.5 Å². The molecule has 2 aliphatic rings. The average Bonchev–Trinajstić information content (AvgIpc) is 2.51. The Hall–Kier alpha value is -0.0800. The van der Waals surface area contributed by atoms with E-state index in [4.69, 9.17) is 5.11 Å². The summed E-state index contributed by atoms with van der Waals surface area (Å²) in [5, 5.41) is 9.01. The highest BCUT2D eigenvalue weighted by Gasteiger charge is 2.31. The van der Waals surface area contributed by atoms with E-state index in [1.165, 1.54) is 45.3 Å². The highest BCUT2D eigenvalue weighted by molar-refractivity contribution is 4.83. The number of likely N-dealkylation sites (tertiary alicyclic amines) is 1. The third-order valence-corrected chi connectivity index (χ3v) is 3.50. The van der Waals surface area contributed by atoms with Crippen molar-refractivity contribution in [1.29, 1.82) is 0 Å². The Labute approximate surface area is 74.6 Å². The molecule has 1 unspecified atom stereocenters. The van der Waals surface area contributed by atoms with E-state index in [-0.39, 0.29) is 0 Å². The van der Waals surface area contributed by atoms with Crippen LogP contribution in [0.15, 0.2) is 0 Å². The molecule has 2 nitrogen and oxygen atoms in total. The molecule has 0 bridgehead atoms. The molecule has 0 aromatic carbocycles. The van der Waals surface area contributed by atoms with Gasteiger partial charge in [0.05, 0.1) is 0 Å². The molecule has 0 radical (unpaired) electrons. The van der Waals surface area contributed by atoms with Crippen LogP contribution in [0.4, 0.5) is 0 Å². The fraction of sp³-hybridized carbons (Fsp3) is 1.00. The summed E-state index contributed by atoms with van der Waals surface area (Å²) in [5.74, 6) is 1.44. The van der Waals surface area contributed by atoms with Crippen LogP contribution in [0.3, 0.4) is 0 Å². The summed E-state index contributed by atoms with van der Waals surface area (Å²) in [6.45, 7) is 4.27. The molecule has 0 spiro atoms. The van der Waals surface area contributed by atoms with Crippen molar-refractivity contribution in [3.63, 3.8) is 0 Å². The lowest BCUT2D eigenvalue weighted by molar-refractivity contribution is 0.0656. The maximum Gasteiger partial charge on any atom is 0.0462 e. The first-order valence-electron chi connectivity index (χ1n) is 5.23. The molecular formula is C10H19NO. The zero-order valence-electron chi connectivity index (χ0n) is 7.71. The third kappa shape index (κ3) is 1.64. The number of aliphatic hydroxyl groups is 1. The van der Waals surface area contributed by atoms with Gasteiger partial charge in [0, 0.05) is 13.2 Å². The summed E-state index contributed by atoms with van der Waals surface area (Å²) in [5.41, 5.74) is 0. The maximum atomic E-state index is 9.01. The van der Waals surface area contributed by atoms with E-state index in [1.807, 2.05) is 0 Å². The smallest absolute Gasteiger partial charge is 0.0462 e. The van der Waals surface area contributed by atoms with Crippen LogP contribution in [0, 0.1) is 11.8 Å². The average molecular weight is 169 g/mol. The van der Waals surface area contributed by atoms with Crippen molar-refractivity contribution < 1.29 is 5.11 Å². The van der Waals surface area contributed by atoms with Gasteiger partial charge in [-0.15, -0.1) is 0 Å². The molecule has 1 aliphatic heterocycles. The molecule has 2 rings (SSSR count). The molecule has 1 heterocycles. The van der Waals surface area contributed by atoms with Crippen molar-refractivity contribution >= 4 is 0 Å². The van der Waals surface area contributed by atoms with E-state index < -0.39 is 0 Å². The van der Waals surface area contributed by atoms with Gasteiger partial charge in [0.1, 0.15) is 0 Å². The van der Waals surface area contributed by atoms with Gasteiger partial charge < -0.3 is 10.0 Å². The second kappa shape index (κ2) is 3.75. The molecule has 1 saturated heterocycles. The van der Waals surface area contributed by atoms with Crippen LogP contribution in [-0.2, 0) is 0 Å². The largest absolute Gasteiger partial charge is 0.396 e. The lowest BCUT2D eigenvalue weighted by Crippen LogP contribution is -2.38. The number of nitrogens with zero attached hydrogens (tertiary/aromatic N) is 1. The van der Waals surface area contributed by atoms with Crippen LogP contribution in [0.25, 0.3) is 0 Å². The molecule has 1 saturated carbocycles. The number of rotatable bonds is 3. The summed E-state index contributed by atoms with van der Waals surface area (Å²) >= 11 is 0. The van der Waals surface area contributed by atoms with Crippen molar-refractivity contribution in [3.8, 4) is 0 Å². The van der Waals surface area contributed by atoms with Crippen LogP contribution in [0.2, 0.25) is 0 Å². The van der Waals surface area contributed by atoms with Gasteiger partial charge in [0.15, 0.2) is 0 Å². The van der Waals surface area contributed by atoms with E-state index in [2.05, 4.69) is 4.90 Å². The lowest BCUT2D eigenvalue weighted by atomic mass is 9.74. The van der Waals surface area contributed by atoms with E-state index in [0.717, 1.165) is 5.92 Å². The number of hydrogen-bond donors (Lipinski definition) is 1. The van der Waals surface area contributed by atoms with Crippen molar-refractivity contribution in [2.75, 3.05) is 26.2 Å². The van der Waals surface area contributed by atoms with Crippen LogP contribution in [-0.4, -0.2) is 36.2 Å². The zero-order chi connectivity index (χ0) is 8.39. The Bertz CT molecular complexity index is 141. The van der Waals surface area contributed by atoms with E-state index >= 15 is 0 Å². The quantitative estimate of drug-likeness (QED) is 0.684. The van der Waals surface area contributed by atoms with Crippen LogP contribution in [0.1, 0.15) is 25.7 Å². The molecule has 0 amide bonds. The molecule has 2 heteroatoms. The minimum absolute atomic E-state index is 0.415. The summed E-state index contributed by atoms with van der Waals surface area (Å²) in [7, 11) is 0. The minimum Gasteiger partial charge on any atom is -0.396 e. The van der Waals surface area contributed by atoms with Gasteiger partial charge in [-0.3, -0.25) is 0 Å². The van der Waals surface area contributed by atoms with Gasteiger partial charge >= 0.3 is 0 Å². The van der Waals surface area contributed by atoms with E-state index in [9.17, 15) is 0 Å². The molecule has 12 heavy (non-hydrogen) atoms. The van der Waals surface area contributed by atoms with Crippen LogP contribution >= 0.6 is 0 Å². The Morgan fingerprint density at radius 3 is 2.25 bits per heavy atom. The monoisotopic (exact) mass is 169 g/mol. The Morgan fingerprint density at radius 1 is 1.08 bits per heavy atom. The first-order valence-corrected chi connectivity index (χ1v) is 5.23. The molecular weight excluding hydrogens is 150 g/mol. The van der Waals surface area contributed by atoms with Gasteiger partial charge in [-0.2, -0.15) is 0 Å². The van der Waals surface area contributed by atoms with Gasteiger partial charge in [-0.25, -0.2) is 0 Å². The fourth-order valence-electron chi connectivity index (χ4n) is 2.42. The van der Waals surface area contributed by atoms with Crippen LogP contribution in [0.5, 0.6) is 0 Å². The highest BCUT2D eigenvalue weighted by atomic mass is 16.3. The predicted molar refractivity (Wildman–Crippen MR) is 49.0 cm³/mol. The first kappa shape index (κ1) is 8.52. The summed E-state index contributed by atoms with van der Waals surface area (Å²) < 4.78 is 0. The minimum atomic E-state index is 0.415. The summed E-state index contributed by atoms with van der Waals surface area (Å²) in [6, 6.07) is 0. The molecule has 1 aliphatic carbocycles. The van der Waals surface area contributed by atoms with Crippen LogP contribution < -0.4 is 0 Å². The molecule has 2 atom stereocenters. The molecule has 2 fully saturated rings. The SMILES string of the molecule is OC[C@@H]1CCC1CN1CCCC1.